The lowest BCUT2D eigenvalue weighted by molar-refractivity contribution is 0.0953. The van der Waals surface area contributed by atoms with Crippen LogP contribution >= 0.6 is 0 Å². The van der Waals surface area contributed by atoms with Crippen LogP contribution in [-0.4, -0.2) is 17.6 Å². The molecule has 0 unspecified atom stereocenters. The monoisotopic (exact) mass is 208 g/mol. The van der Waals surface area contributed by atoms with Gasteiger partial charge >= 0.3 is 0 Å². The molecule has 82 valence electrons. The first-order chi connectivity index (χ1) is 7.15. The molecule has 0 aliphatic rings. The minimum atomic E-state index is -0.182. The maximum absolute atomic E-state index is 11.5. The molecule has 0 fully saturated rings. The highest BCUT2D eigenvalue weighted by atomic mass is 16.3. The minimum Gasteiger partial charge on any atom is -0.506 e. The van der Waals surface area contributed by atoms with Gasteiger partial charge in [0.2, 0.25) is 0 Å². The zero-order valence-electron chi connectivity index (χ0n) is 8.79. The number of amides is 1. The average molecular weight is 208 g/mol. The third-order valence-corrected chi connectivity index (χ3v) is 2.11. The largest absolute Gasteiger partial charge is 0.506 e. The van der Waals surface area contributed by atoms with Crippen molar-refractivity contribution in [2.45, 2.75) is 19.8 Å². The van der Waals surface area contributed by atoms with Crippen molar-refractivity contribution in [3.05, 3.63) is 23.8 Å². The summed E-state index contributed by atoms with van der Waals surface area (Å²) in [6.45, 7) is 2.71. The van der Waals surface area contributed by atoms with Crippen molar-refractivity contribution in [2.75, 3.05) is 12.3 Å². The zero-order valence-corrected chi connectivity index (χ0v) is 8.79. The molecular formula is C11H16N2O2. The molecule has 0 aliphatic heterocycles. The predicted octanol–water partition coefficient (Wildman–Crippen LogP) is 1.50. The van der Waals surface area contributed by atoms with Gasteiger partial charge in [0, 0.05) is 12.1 Å². The molecule has 0 radical (unpaired) electrons. The van der Waals surface area contributed by atoms with E-state index in [1.54, 1.807) is 6.07 Å². The van der Waals surface area contributed by atoms with E-state index in [0.717, 1.165) is 12.8 Å². The molecule has 1 aromatic carbocycles. The summed E-state index contributed by atoms with van der Waals surface area (Å²) in [5.74, 6) is -0.239. The second-order valence-corrected chi connectivity index (χ2v) is 3.38. The number of nitrogens with one attached hydrogen (secondary N) is 1. The van der Waals surface area contributed by atoms with Crippen molar-refractivity contribution in [2.24, 2.45) is 0 Å². The number of nitrogen functional groups attached to an aromatic ring is 1. The second kappa shape index (κ2) is 5.24. The van der Waals surface area contributed by atoms with Gasteiger partial charge in [0.25, 0.3) is 5.91 Å². The summed E-state index contributed by atoms with van der Waals surface area (Å²) in [5.41, 5.74) is 6.14. The molecule has 15 heavy (non-hydrogen) atoms. The van der Waals surface area contributed by atoms with Crippen LogP contribution in [0.15, 0.2) is 18.2 Å². The summed E-state index contributed by atoms with van der Waals surface area (Å²) in [7, 11) is 0. The third-order valence-electron chi connectivity index (χ3n) is 2.11. The zero-order chi connectivity index (χ0) is 11.3. The predicted molar refractivity (Wildman–Crippen MR) is 59.8 cm³/mol. The SMILES string of the molecule is CCCCNC(=O)c1ccc(N)c(O)c1. The van der Waals surface area contributed by atoms with E-state index in [0.29, 0.717) is 12.1 Å². The first kappa shape index (κ1) is 11.4. The molecule has 0 saturated carbocycles. The fourth-order valence-electron chi connectivity index (χ4n) is 1.17. The molecule has 0 spiro atoms. The average Bonchev–Trinajstić information content (AvgIpc) is 2.22. The molecule has 1 aromatic rings. The number of carbonyl (C=O) groups is 1. The molecule has 0 atom stereocenters. The summed E-state index contributed by atoms with van der Waals surface area (Å²) >= 11 is 0. The maximum Gasteiger partial charge on any atom is 0.251 e. The number of phenolic OH excluding ortho intramolecular Hbond substituents is 1. The first-order valence-electron chi connectivity index (χ1n) is 5.02. The van der Waals surface area contributed by atoms with Crippen LogP contribution in [0.5, 0.6) is 5.75 Å². The minimum absolute atomic E-state index is 0.0573. The van der Waals surface area contributed by atoms with Gasteiger partial charge in [-0.25, -0.2) is 0 Å². The van der Waals surface area contributed by atoms with Crippen LogP contribution < -0.4 is 11.1 Å². The fraction of sp³-hybridized carbons (Fsp3) is 0.364. The van der Waals surface area contributed by atoms with Gasteiger partial charge in [0.1, 0.15) is 5.75 Å². The second-order valence-electron chi connectivity index (χ2n) is 3.38. The number of unbranched alkanes of at least 4 members (excludes halogenated alkanes) is 1. The lowest BCUT2D eigenvalue weighted by Crippen LogP contribution is -2.24. The third kappa shape index (κ3) is 3.16. The van der Waals surface area contributed by atoms with E-state index in [9.17, 15) is 9.90 Å². The molecule has 4 heteroatoms. The number of hydrogen-bond donors (Lipinski definition) is 3. The normalized spacial score (nSPS) is 9.93. The van der Waals surface area contributed by atoms with Gasteiger partial charge in [-0.3, -0.25) is 4.79 Å². The maximum atomic E-state index is 11.5. The van der Waals surface area contributed by atoms with Crippen molar-refractivity contribution in [1.82, 2.24) is 5.32 Å². The van der Waals surface area contributed by atoms with E-state index in [2.05, 4.69) is 12.2 Å². The molecule has 1 rings (SSSR count). The molecule has 4 nitrogen and oxygen atoms in total. The molecule has 1 amide bonds. The smallest absolute Gasteiger partial charge is 0.251 e. The van der Waals surface area contributed by atoms with E-state index in [1.807, 2.05) is 0 Å². The number of carbonyl (C=O) groups excluding carboxylic acids is 1. The molecule has 4 N–H and O–H groups in total. The van der Waals surface area contributed by atoms with Gasteiger partial charge in [-0.15, -0.1) is 0 Å². The van der Waals surface area contributed by atoms with Crippen molar-refractivity contribution >= 4 is 11.6 Å². The van der Waals surface area contributed by atoms with Gasteiger partial charge in [-0.05, 0) is 24.6 Å². The Balaban J connectivity index is 2.62. The number of anilines is 1. The van der Waals surface area contributed by atoms with Crippen molar-refractivity contribution < 1.29 is 9.90 Å². The molecular weight excluding hydrogens is 192 g/mol. The van der Waals surface area contributed by atoms with E-state index in [1.165, 1.54) is 12.1 Å². The highest BCUT2D eigenvalue weighted by molar-refractivity contribution is 5.95. The Morgan fingerprint density at radius 1 is 1.53 bits per heavy atom. The van der Waals surface area contributed by atoms with E-state index >= 15 is 0 Å². The lowest BCUT2D eigenvalue weighted by Gasteiger charge is -2.05. The number of aromatic hydroxyl groups is 1. The quantitative estimate of drug-likeness (QED) is 0.399. The number of phenols is 1. The first-order valence-corrected chi connectivity index (χ1v) is 5.02. The van der Waals surface area contributed by atoms with Crippen LogP contribution in [0.1, 0.15) is 30.1 Å². The summed E-state index contributed by atoms with van der Waals surface area (Å²) in [5, 5.41) is 12.1. The Morgan fingerprint density at radius 3 is 2.87 bits per heavy atom. The van der Waals surface area contributed by atoms with Gasteiger partial charge in [-0.2, -0.15) is 0 Å². The van der Waals surface area contributed by atoms with Crippen LogP contribution in [0.2, 0.25) is 0 Å². The Morgan fingerprint density at radius 2 is 2.27 bits per heavy atom. The van der Waals surface area contributed by atoms with Gasteiger partial charge in [-0.1, -0.05) is 13.3 Å². The van der Waals surface area contributed by atoms with Gasteiger partial charge in [0.05, 0.1) is 5.69 Å². The summed E-state index contributed by atoms with van der Waals surface area (Å²) in [6.07, 6.45) is 1.99. The molecule has 0 aromatic heterocycles. The van der Waals surface area contributed by atoms with Crippen LogP contribution in [0, 0.1) is 0 Å². The molecule has 0 bridgehead atoms. The fourth-order valence-corrected chi connectivity index (χ4v) is 1.17. The molecule has 0 aliphatic carbocycles. The van der Waals surface area contributed by atoms with Crippen molar-refractivity contribution in [1.29, 1.82) is 0 Å². The highest BCUT2D eigenvalue weighted by Crippen LogP contribution is 2.20. The lowest BCUT2D eigenvalue weighted by atomic mass is 10.2. The van der Waals surface area contributed by atoms with Crippen molar-refractivity contribution in [3.63, 3.8) is 0 Å². The summed E-state index contributed by atoms with van der Waals surface area (Å²) in [4.78, 5) is 11.5. The van der Waals surface area contributed by atoms with Crippen LogP contribution in [0.4, 0.5) is 5.69 Å². The Kier molecular flexibility index (Phi) is 3.97. The van der Waals surface area contributed by atoms with E-state index in [-0.39, 0.29) is 17.3 Å². The van der Waals surface area contributed by atoms with Crippen LogP contribution in [0.25, 0.3) is 0 Å². The Hall–Kier alpha value is -1.71. The van der Waals surface area contributed by atoms with E-state index in [4.69, 9.17) is 5.73 Å². The standard InChI is InChI=1S/C11H16N2O2/c1-2-3-6-13-11(15)8-4-5-9(12)10(14)7-8/h4-5,7,14H,2-3,6,12H2,1H3,(H,13,15). The Bertz CT molecular complexity index is 350. The van der Waals surface area contributed by atoms with Crippen LogP contribution in [0.3, 0.4) is 0 Å². The number of benzene rings is 1. The highest BCUT2D eigenvalue weighted by Gasteiger charge is 2.06. The topological polar surface area (TPSA) is 75.4 Å². The van der Waals surface area contributed by atoms with Gasteiger partial charge < -0.3 is 16.2 Å². The molecule has 0 saturated heterocycles. The molecule has 0 heterocycles. The number of nitrogens with two attached hydrogens (primary N) is 1. The van der Waals surface area contributed by atoms with Crippen LogP contribution in [-0.2, 0) is 0 Å². The number of hydrogen-bond acceptors (Lipinski definition) is 3. The Labute approximate surface area is 89.1 Å². The van der Waals surface area contributed by atoms with Gasteiger partial charge in [0.15, 0.2) is 0 Å². The van der Waals surface area contributed by atoms with E-state index < -0.39 is 0 Å². The number of rotatable bonds is 4. The summed E-state index contributed by atoms with van der Waals surface area (Å²) in [6, 6.07) is 4.48. The summed E-state index contributed by atoms with van der Waals surface area (Å²) < 4.78 is 0. The van der Waals surface area contributed by atoms with Crippen molar-refractivity contribution in [3.8, 4) is 5.75 Å².